The van der Waals surface area contributed by atoms with Crippen LogP contribution in [0.15, 0.2) is 12.4 Å². The highest BCUT2D eigenvalue weighted by molar-refractivity contribution is 5.96. The minimum absolute atomic E-state index is 0.0217. The smallest absolute Gasteiger partial charge is 0.337 e. The molecule has 1 amide bonds. The number of carbonyl (C=O) groups is 2. The van der Waals surface area contributed by atoms with Crippen molar-refractivity contribution in [2.45, 2.75) is 41.5 Å². The van der Waals surface area contributed by atoms with Gasteiger partial charge in [-0.15, -0.1) is 0 Å². The third-order valence-corrected chi connectivity index (χ3v) is 4.60. The quantitative estimate of drug-likeness (QED) is 0.596. The Balaban J connectivity index is 0.000000309. The van der Waals surface area contributed by atoms with Gasteiger partial charge in [0.15, 0.2) is 0 Å². The van der Waals surface area contributed by atoms with Gasteiger partial charge in [0.25, 0.3) is 5.91 Å². The molecule has 0 unspecified atom stereocenters. The highest BCUT2D eigenvalue weighted by Gasteiger charge is 2.13. The number of carbonyl (C=O) groups excluding carboxylic acids is 1. The molecule has 0 fully saturated rings. The van der Waals surface area contributed by atoms with E-state index in [-0.39, 0.29) is 5.91 Å². The van der Waals surface area contributed by atoms with E-state index < -0.39 is 5.97 Å². The fraction of sp³-hybridized carbons (Fsp3) is 0.500. The normalized spacial score (nSPS) is 10.5. The van der Waals surface area contributed by atoms with E-state index in [1.807, 2.05) is 20.0 Å². The molecule has 4 N–H and O–H groups in total. The molecule has 0 aliphatic carbocycles. The number of H-pyrrole nitrogens is 2. The monoisotopic (exact) mass is 376 g/mol. The van der Waals surface area contributed by atoms with E-state index in [1.165, 1.54) is 0 Å². The molecule has 150 valence electrons. The molecular formula is C20H32N4O3. The third-order valence-electron chi connectivity index (χ3n) is 4.60. The van der Waals surface area contributed by atoms with Gasteiger partial charge in [-0.25, -0.2) is 4.79 Å². The zero-order valence-electron chi connectivity index (χ0n) is 17.2. The van der Waals surface area contributed by atoms with E-state index in [2.05, 4.69) is 34.0 Å². The molecule has 0 aliphatic rings. The lowest BCUT2D eigenvalue weighted by atomic mass is 10.1. The summed E-state index contributed by atoms with van der Waals surface area (Å²) in [7, 11) is 0. The first kappa shape index (κ1) is 22.5. The van der Waals surface area contributed by atoms with Gasteiger partial charge in [0.1, 0.15) is 0 Å². The number of nitrogens with one attached hydrogen (secondary N) is 3. The Morgan fingerprint density at radius 2 is 1.44 bits per heavy atom. The molecule has 0 radical (unpaired) electrons. The second kappa shape index (κ2) is 10.6. The van der Waals surface area contributed by atoms with E-state index in [4.69, 9.17) is 5.11 Å². The molecule has 0 spiro atoms. The van der Waals surface area contributed by atoms with E-state index in [1.54, 1.807) is 20.0 Å². The van der Waals surface area contributed by atoms with Crippen molar-refractivity contribution in [3.63, 3.8) is 0 Å². The highest BCUT2D eigenvalue weighted by Crippen LogP contribution is 2.12. The van der Waals surface area contributed by atoms with Gasteiger partial charge in [-0.05, 0) is 51.9 Å². The van der Waals surface area contributed by atoms with Crippen molar-refractivity contribution in [3.05, 3.63) is 46.0 Å². The van der Waals surface area contributed by atoms with Crippen LogP contribution in [-0.2, 0) is 0 Å². The summed E-state index contributed by atoms with van der Waals surface area (Å²) < 4.78 is 0. The van der Waals surface area contributed by atoms with Crippen molar-refractivity contribution < 1.29 is 14.7 Å². The minimum atomic E-state index is -0.865. The summed E-state index contributed by atoms with van der Waals surface area (Å²) in [5.74, 6) is -0.843. The number of aromatic carboxylic acids is 1. The first-order valence-corrected chi connectivity index (χ1v) is 9.25. The zero-order valence-corrected chi connectivity index (χ0v) is 17.2. The van der Waals surface area contributed by atoms with Crippen LogP contribution in [0.3, 0.4) is 0 Å². The van der Waals surface area contributed by atoms with Gasteiger partial charge in [-0.2, -0.15) is 0 Å². The van der Waals surface area contributed by atoms with Gasteiger partial charge in [-0.1, -0.05) is 13.8 Å². The van der Waals surface area contributed by atoms with E-state index in [9.17, 15) is 9.59 Å². The average Bonchev–Trinajstić information content (AvgIpc) is 3.13. The number of carboxylic acid groups (broad SMARTS) is 1. The fourth-order valence-corrected chi connectivity index (χ4v) is 2.95. The van der Waals surface area contributed by atoms with Gasteiger partial charge in [0.05, 0.1) is 11.1 Å². The van der Waals surface area contributed by atoms with Gasteiger partial charge >= 0.3 is 5.97 Å². The SMILES string of the molecule is CCN(CC)CCNC(=O)c1c(C)c[nH]c1C.Cc1c[nH]c(C)c1C(=O)O. The standard InChI is InChI=1S/C13H23N3O.C7H9NO2/c1-5-16(6-2)8-7-14-13(17)12-10(3)9-15-11(12)4;1-4-3-8-5(2)6(4)7(9)10/h9,15H,5-8H2,1-4H3,(H,14,17);3,8H,1-2H3,(H,9,10). The zero-order chi connectivity index (χ0) is 20.6. The van der Waals surface area contributed by atoms with Gasteiger partial charge in [0, 0.05) is 36.9 Å². The van der Waals surface area contributed by atoms with Gasteiger partial charge in [-0.3, -0.25) is 4.79 Å². The maximum atomic E-state index is 12.0. The minimum Gasteiger partial charge on any atom is -0.478 e. The molecule has 7 nitrogen and oxygen atoms in total. The molecule has 0 saturated carbocycles. The van der Waals surface area contributed by atoms with Crippen molar-refractivity contribution in [2.24, 2.45) is 0 Å². The average molecular weight is 377 g/mol. The Hall–Kier alpha value is -2.54. The number of rotatable bonds is 7. The molecule has 2 aromatic rings. The Labute approximate surface area is 161 Å². The predicted molar refractivity (Wildman–Crippen MR) is 108 cm³/mol. The first-order chi connectivity index (χ1) is 12.7. The van der Waals surface area contributed by atoms with E-state index in [0.29, 0.717) is 17.8 Å². The first-order valence-electron chi connectivity index (χ1n) is 9.25. The molecule has 0 saturated heterocycles. The number of aromatic amines is 2. The molecule has 2 aromatic heterocycles. The van der Waals surface area contributed by atoms with Crippen molar-refractivity contribution in [1.29, 1.82) is 0 Å². The second-order valence-electron chi connectivity index (χ2n) is 6.53. The molecule has 2 rings (SSSR count). The lowest BCUT2D eigenvalue weighted by Gasteiger charge is -2.18. The number of hydrogen-bond acceptors (Lipinski definition) is 3. The Bertz CT molecular complexity index is 718. The molecule has 27 heavy (non-hydrogen) atoms. The molecule has 7 heteroatoms. The summed E-state index contributed by atoms with van der Waals surface area (Å²) in [6.45, 7) is 15.3. The molecule has 0 atom stereocenters. The van der Waals surface area contributed by atoms with Crippen LogP contribution in [-0.4, -0.2) is 58.0 Å². The summed E-state index contributed by atoms with van der Waals surface area (Å²) in [6, 6.07) is 0. The van der Waals surface area contributed by atoms with Gasteiger partial charge < -0.3 is 25.3 Å². The second-order valence-corrected chi connectivity index (χ2v) is 6.53. The number of aromatic nitrogens is 2. The fourth-order valence-electron chi connectivity index (χ4n) is 2.95. The number of hydrogen-bond donors (Lipinski definition) is 4. The van der Waals surface area contributed by atoms with Crippen LogP contribution in [0, 0.1) is 27.7 Å². The largest absolute Gasteiger partial charge is 0.478 e. The predicted octanol–water partition coefficient (Wildman–Crippen LogP) is 3.03. The molecule has 0 aromatic carbocycles. The number of nitrogens with zero attached hydrogens (tertiary/aromatic N) is 1. The lowest BCUT2D eigenvalue weighted by Crippen LogP contribution is -2.35. The summed E-state index contributed by atoms with van der Waals surface area (Å²) in [5.41, 5.74) is 4.60. The summed E-state index contributed by atoms with van der Waals surface area (Å²) in [4.78, 5) is 30.6. The highest BCUT2D eigenvalue weighted by atomic mass is 16.4. The van der Waals surface area contributed by atoms with Gasteiger partial charge in [0.2, 0.25) is 0 Å². The summed E-state index contributed by atoms with van der Waals surface area (Å²) in [6.07, 6.45) is 3.56. The molecule has 2 heterocycles. The Morgan fingerprint density at radius 3 is 1.78 bits per heavy atom. The maximum absolute atomic E-state index is 12.0. The van der Waals surface area contributed by atoms with Crippen LogP contribution in [0.2, 0.25) is 0 Å². The van der Waals surface area contributed by atoms with E-state index in [0.717, 1.165) is 42.0 Å². The van der Waals surface area contributed by atoms with Crippen LogP contribution in [0.1, 0.15) is 57.1 Å². The van der Waals surface area contributed by atoms with Crippen LogP contribution in [0.4, 0.5) is 0 Å². The van der Waals surface area contributed by atoms with Crippen LogP contribution < -0.4 is 5.32 Å². The number of amides is 1. The third kappa shape index (κ3) is 6.29. The van der Waals surface area contributed by atoms with Crippen LogP contribution >= 0.6 is 0 Å². The number of carboxylic acids is 1. The lowest BCUT2D eigenvalue weighted by molar-refractivity contribution is 0.0695. The van der Waals surface area contributed by atoms with Crippen molar-refractivity contribution in [3.8, 4) is 0 Å². The van der Waals surface area contributed by atoms with E-state index >= 15 is 0 Å². The van der Waals surface area contributed by atoms with Crippen LogP contribution in [0.5, 0.6) is 0 Å². The Morgan fingerprint density at radius 1 is 0.963 bits per heavy atom. The molecule has 0 bridgehead atoms. The number of likely N-dealkylation sites (N-methyl/N-ethyl adjacent to an activating group) is 1. The molecular weight excluding hydrogens is 344 g/mol. The van der Waals surface area contributed by atoms with Crippen LogP contribution in [0.25, 0.3) is 0 Å². The van der Waals surface area contributed by atoms with Crippen molar-refractivity contribution in [1.82, 2.24) is 20.2 Å². The topological polar surface area (TPSA) is 101 Å². The van der Waals surface area contributed by atoms with Crippen molar-refractivity contribution in [2.75, 3.05) is 26.2 Å². The maximum Gasteiger partial charge on any atom is 0.337 e. The summed E-state index contributed by atoms with van der Waals surface area (Å²) >= 11 is 0. The van der Waals surface area contributed by atoms with Crippen molar-refractivity contribution >= 4 is 11.9 Å². The Kier molecular flexibility index (Phi) is 8.81. The molecule has 0 aliphatic heterocycles. The number of aryl methyl sites for hydroxylation is 4. The summed E-state index contributed by atoms with van der Waals surface area (Å²) in [5, 5.41) is 11.6.